The van der Waals surface area contributed by atoms with Crippen LogP contribution in [-0.2, 0) is 21.2 Å². The summed E-state index contributed by atoms with van der Waals surface area (Å²) < 4.78 is 40.2. The Labute approximate surface area is 189 Å². The van der Waals surface area contributed by atoms with E-state index in [0.717, 1.165) is 18.4 Å². The van der Waals surface area contributed by atoms with Crippen LogP contribution in [0, 0.1) is 5.82 Å². The molecule has 0 saturated carbocycles. The van der Waals surface area contributed by atoms with Crippen molar-refractivity contribution >= 4 is 21.7 Å². The lowest BCUT2D eigenvalue weighted by molar-refractivity contribution is -0.132. The molecule has 1 amide bonds. The summed E-state index contributed by atoms with van der Waals surface area (Å²) in [6.45, 7) is 2.32. The smallest absolute Gasteiger partial charge is 0.242 e. The summed E-state index contributed by atoms with van der Waals surface area (Å²) in [5.41, 5.74) is 1.33. The number of carbonyl (C=O) groups excluding carboxylic acids is 2. The van der Waals surface area contributed by atoms with E-state index in [1.165, 1.54) is 54.7 Å². The van der Waals surface area contributed by atoms with Gasteiger partial charge in [0.25, 0.3) is 0 Å². The van der Waals surface area contributed by atoms with Crippen molar-refractivity contribution in [3.63, 3.8) is 0 Å². The topological polar surface area (TPSA) is 74.8 Å². The molecule has 0 aliphatic carbocycles. The Morgan fingerprint density at radius 1 is 1.16 bits per heavy atom. The normalized spacial score (nSPS) is 16.5. The second kappa shape index (κ2) is 10.4. The third kappa shape index (κ3) is 5.81. The predicted molar refractivity (Wildman–Crippen MR) is 120 cm³/mol. The van der Waals surface area contributed by atoms with Crippen molar-refractivity contribution in [2.45, 2.75) is 50.0 Å². The largest absolute Gasteiger partial charge is 0.339 e. The van der Waals surface area contributed by atoms with E-state index in [-0.39, 0.29) is 41.4 Å². The SMILES string of the molecule is CC(=O)c1ccc(S(=O)(=O)N(C)CCCC(=O)N2CCCC2Cc2cccc(F)c2)cc1. The van der Waals surface area contributed by atoms with Gasteiger partial charge in [-0.1, -0.05) is 24.3 Å². The highest BCUT2D eigenvalue weighted by atomic mass is 32.2. The van der Waals surface area contributed by atoms with Gasteiger partial charge in [-0.25, -0.2) is 17.1 Å². The van der Waals surface area contributed by atoms with E-state index in [9.17, 15) is 22.4 Å². The first kappa shape index (κ1) is 24.1. The van der Waals surface area contributed by atoms with Crippen LogP contribution in [0.15, 0.2) is 53.4 Å². The maximum absolute atomic E-state index is 13.5. The molecule has 0 N–H and O–H groups in total. The van der Waals surface area contributed by atoms with E-state index >= 15 is 0 Å². The Kier molecular flexibility index (Phi) is 7.79. The van der Waals surface area contributed by atoms with Crippen molar-refractivity contribution < 1.29 is 22.4 Å². The number of hydrogen-bond acceptors (Lipinski definition) is 4. The molecule has 172 valence electrons. The van der Waals surface area contributed by atoms with Crippen LogP contribution >= 0.6 is 0 Å². The molecule has 1 unspecified atom stereocenters. The number of rotatable bonds is 9. The van der Waals surface area contributed by atoms with Gasteiger partial charge in [-0.3, -0.25) is 9.59 Å². The molecule has 0 aromatic heterocycles. The molecule has 2 aromatic carbocycles. The number of carbonyl (C=O) groups is 2. The molecule has 0 bridgehead atoms. The quantitative estimate of drug-likeness (QED) is 0.535. The molecular weight excluding hydrogens is 431 g/mol. The predicted octanol–water partition coefficient (Wildman–Crippen LogP) is 3.66. The Morgan fingerprint density at radius 2 is 1.88 bits per heavy atom. The van der Waals surface area contributed by atoms with E-state index in [1.54, 1.807) is 6.07 Å². The van der Waals surface area contributed by atoms with Gasteiger partial charge in [-0.2, -0.15) is 0 Å². The van der Waals surface area contributed by atoms with Gasteiger partial charge in [0, 0.05) is 38.2 Å². The molecule has 8 heteroatoms. The fourth-order valence-corrected chi connectivity index (χ4v) is 5.28. The Hall–Kier alpha value is -2.58. The zero-order valence-corrected chi connectivity index (χ0v) is 19.3. The summed E-state index contributed by atoms with van der Waals surface area (Å²) in [6.07, 6.45) is 3.07. The van der Waals surface area contributed by atoms with Crippen molar-refractivity contribution in [3.8, 4) is 0 Å². The van der Waals surface area contributed by atoms with Crippen LogP contribution in [0.5, 0.6) is 0 Å². The molecule has 1 heterocycles. The van der Waals surface area contributed by atoms with Gasteiger partial charge in [0.05, 0.1) is 4.90 Å². The average molecular weight is 461 g/mol. The summed E-state index contributed by atoms with van der Waals surface area (Å²) in [7, 11) is -2.20. The number of ketones is 1. The standard InChI is InChI=1S/C24H29FN2O4S/c1-18(28)20-10-12-23(13-11-20)32(30,31)26(2)14-5-9-24(29)27-15-4-8-22(27)17-19-6-3-7-21(25)16-19/h3,6-7,10-13,16,22H,4-5,8-9,14-15,17H2,1-2H3. The van der Waals surface area contributed by atoms with Crippen molar-refractivity contribution in [2.75, 3.05) is 20.1 Å². The number of hydrogen-bond donors (Lipinski definition) is 0. The van der Waals surface area contributed by atoms with Crippen molar-refractivity contribution in [3.05, 3.63) is 65.5 Å². The number of nitrogens with zero attached hydrogens (tertiary/aromatic N) is 2. The van der Waals surface area contributed by atoms with E-state index < -0.39 is 10.0 Å². The molecule has 1 aliphatic heterocycles. The Morgan fingerprint density at radius 3 is 2.53 bits per heavy atom. The second-order valence-electron chi connectivity index (χ2n) is 8.23. The summed E-state index contributed by atoms with van der Waals surface area (Å²) in [5.74, 6) is -0.405. The van der Waals surface area contributed by atoms with E-state index in [4.69, 9.17) is 0 Å². The van der Waals surface area contributed by atoms with Crippen molar-refractivity contribution in [1.29, 1.82) is 0 Å². The highest BCUT2D eigenvalue weighted by Gasteiger charge is 2.29. The fraction of sp³-hybridized carbons (Fsp3) is 0.417. The highest BCUT2D eigenvalue weighted by molar-refractivity contribution is 7.89. The number of halogens is 1. The summed E-state index contributed by atoms with van der Waals surface area (Å²) in [4.78, 5) is 26.1. The van der Waals surface area contributed by atoms with Crippen LogP contribution < -0.4 is 0 Å². The number of likely N-dealkylation sites (tertiary alicyclic amines) is 1. The lowest BCUT2D eigenvalue weighted by atomic mass is 10.0. The molecular formula is C24H29FN2O4S. The van der Waals surface area contributed by atoms with Crippen molar-refractivity contribution in [1.82, 2.24) is 9.21 Å². The van der Waals surface area contributed by atoms with Gasteiger partial charge >= 0.3 is 0 Å². The fourth-order valence-electron chi connectivity index (χ4n) is 4.07. The van der Waals surface area contributed by atoms with E-state index in [1.807, 2.05) is 11.0 Å². The number of Topliss-reactive ketones (excluding diaryl/α,β-unsaturated/α-hetero) is 1. The van der Waals surface area contributed by atoms with Crippen LogP contribution in [0.4, 0.5) is 4.39 Å². The van der Waals surface area contributed by atoms with Gasteiger partial charge in [0.1, 0.15) is 5.82 Å². The first-order valence-corrected chi connectivity index (χ1v) is 12.2. The molecule has 2 aromatic rings. The molecule has 6 nitrogen and oxygen atoms in total. The third-order valence-corrected chi connectivity index (χ3v) is 7.76. The Balaban J connectivity index is 1.53. The summed E-state index contributed by atoms with van der Waals surface area (Å²) >= 11 is 0. The molecule has 1 atom stereocenters. The highest BCUT2D eigenvalue weighted by Crippen LogP contribution is 2.23. The second-order valence-corrected chi connectivity index (χ2v) is 10.3. The van der Waals surface area contributed by atoms with Gasteiger partial charge in [0.2, 0.25) is 15.9 Å². The first-order chi connectivity index (χ1) is 15.2. The summed E-state index contributed by atoms with van der Waals surface area (Å²) in [5, 5.41) is 0. The van der Waals surface area contributed by atoms with Crippen LogP contribution in [0.1, 0.15) is 48.5 Å². The number of benzene rings is 2. The zero-order chi connectivity index (χ0) is 23.3. The molecule has 1 fully saturated rings. The molecule has 3 rings (SSSR count). The molecule has 1 aliphatic rings. The lowest BCUT2D eigenvalue weighted by Gasteiger charge is -2.25. The average Bonchev–Trinajstić information content (AvgIpc) is 3.21. The van der Waals surface area contributed by atoms with Gasteiger partial charge in [-0.05, 0) is 62.4 Å². The van der Waals surface area contributed by atoms with Crippen LogP contribution in [0.3, 0.4) is 0 Å². The molecule has 0 spiro atoms. The van der Waals surface area contributed by atoms with Crippen LogP contribution in [0.2, 0.25) is 0 Å². The van der Waals surface area contributed by atoms with Gasteiger partial charge in [-0.15, -0.1) is 0 Å². The van der Waals surface area contributed by atoms with Crippen molar-refractivity contribution in [2.24, 2.45) is 0 Å². The Bertz CT molecular complexity index is 1070. The molecule has 0 radical (unpaired) electrons. The third-order valence-electron chi connectivity index (χ3n) is 5.89. The van der Waals surface area contributed by atoms with E-state index in [0.29, 0.717) is 24.9 Å². The number of amides is 1. The maximum atomic E-state index is 13.5. The zero-order valence-electron chi connectivity index (χ0n) is 18.5. The minimum Gasteiger partial charge on any atom is -0.339 e. The van der Waals surface area contributed by atoms with Gasteiger partial charge in [0.15, 0.2) is 5.78 Å². The van der Waals surface area contributed by atoms with Gasteiger partial charge < -0.3 is 4.90 Å². The van der Waals surface area contributed by atoms with E-state index in [2.05, 4.69) is 0 Å². The minimum atomic E-state index is -3.69. The molecule has 1 saturated heterocycles. The van der Waals surface area contributed by atoms with Crippen LogP contribution in [-0.4, -0.2) is 55.5 Å². The van der Waals surface area contributed by atoms with Crippen LogP contribution in [0.25, 0.3) is 0 Å². The lowest BCUT2D eigenvalue weighted by Crippen LogP contribution is -2.37. The summed E-state index contributed by atoms with van der Waals surface area (Å²) in [6, 6.07) is 12.3. The first-order valence-electron chi connectivity index (χ1n) is 10.8. The molecule has 32 heavy (non-hydrogen) atoms. The minimum absolute atomic E-state index is 0.000474. The number of sulfonamides is 1. The monoisotopic (exact) mass is 460 g/mol. The maximum Gasteiger partial charge on any atom is 0.242 e.